The van der Waals surface area contributed by atoms with Gasteiger partial charge in [-0.3, -0.25) is 4.90 Å². The quantitative estimate of drug-likeness (QED) is 0.807. The molecule has 5 nitrogen and oxygen atoms in total. The van der Waals surface area contributed by atoms with Crippen molar-refractivity contribution in [1.29, 1.82) is 0 Å². The van der Waals surface area contributed by atoms with Crippen LogP contribution >= 0.6 is 0 Å². The molecular weight excluding hydrogens is 304 g/mol. The second kappa shape index (κ2) is 6.40. The van der Waals surface area contributed by atoms with E-state index in [1.54, 1.807) is 0 Å². The van der Waals surface area contributed by atoms with Crippen LogP contribution in [0.25, 0.3) is 0 Å². The van der Waals surface area contributed by atoms with E-state index in [4.69, 9.17) is 9.26 Å². The maximum Gasteiger partial charge on any atom is 0.338 e. The molecule has 0 N–H and O–H groups in total. The number of aromatic nitrogens is 1. The molecule has 0 spiro atoms. The van der Waals surface area contributed by atoms with E-state index in [0.29, 0.717) is 12.1 Å². The fourth-order valence-electron chi connectivity index (χ4n) is 3.62. The molecule has 3 rings (SSSR count). The topological polar surface area (TPSA) is 55.6 Å². The molecule has 0 amide bonds. The van der Waals surface area contributed by atoms with Gasteiger partial charge in [-0.05, 0) is 45.9 Å². The van der Waals surface area contributed by atoms with Gasteiger partial charge in [0.2, 0.25) is 0 Å². The summed E-state index contributed by atoms with van der Waals surface area (Å²) in [5, 5.41) is 3.95. The molecule has 1 fully saturated rings. The van der Waals surface area contributed by atoms with E-state index in [9.17, 15) is 4.79 Å². The van der Waals surface area contributed by atoms with Crippen molar-refractivity contribution in [3.63, 3.8) is 0 Å². The van der Waals surface area contributed by atoms with Crippen molar-refractivity contribution in [3.05, 3.63) is 51.9 Å². The Balaban J connectivity index is 1.72. The Labute approximate surface area is 142 Å². The third-order valence-electron chi connectivity index (χ3n) is 4.64. The Morgan fingerprint density at radius 1 is 1.21 bits per heavy atom. The monoisotopic (exact) mass is 328 g/mol. The lowest BCUT2D eigenvalue weighted by Gasteiger charge is -2.15. The number of benzene rings is 1. The summed E-state index contributed by atoms with van der Waals surface area (Å²) in [5.41, 5.74) is 4.63. The number of ether oxygens (including phenoxy) is 1. The van der Waals surface area contributed by atoms with Crippen molar-refractivity contribution in [2.75, 3.05) is 13.6 Å². The van der Waals surface area contributed by atoms with Gasteiger partial charge >= 0.3 is 5.97 Å². The van der Waals surface area contributed by atoms with Crippen LogP contribution in [-0.2, 0) is 4.74 Å². The molecule has 0 bridgehead atoms. The molecule has 1 aromatic carbocycles. The summed E-state index contributed by atoms with van der Waals surface area (Å²) in [5.74, 6) is 0.592. The zero-order valence-corrected chi connectivity index (χ0v) is 14.9. The number of likely N-dealkylation sites (tertiary alicyclic amines) is 1. The molecule has 2 atom stereocenters. The first-order chi connectivity index (χ1) is 11.3. The summed E-state index contributed by atoms with van der Waals surface area (Å²) in [6.07, 6.45) is 0.582. The van der Waals surface area contributed by atoms with E-state index in [1.807, 2.05) is 52.9 Å². The lowest BCUT2D eigenvalue weighted by atomic mass is 10.00. The molecule has 2 heterocycles. The minimum atomic E-state index is -0.238. The number of hydrogen-bond acceptors (Lipinski definition) is 5. The third kappa shape index (κ3) is 3.22. The summed E-state index contributed by atoms with van der Waals surface area (Å²) in [7, 11) is 2.01. The predicted octanol–water partition coefficient (Wildman–Crippen LogP) is 3.51. The second-order valence-electron chi connectivity index (χ2n) is 6.86. The van der Waals surface area contributed by atoms with Gasteiger partial charge in [0.15, 0.2) is 5.76 Å². The smallest absolute Gasteiger partial charge is 0.338 e. The van der Waals surface area contributed by atoms with Gasteiger partial charge in [-0.25, -0.2) is 4.79 Å². The summed E-state index contributed by atoms with van der Waals surface area (Å²) >= 11 is 0. The lowest BCUT2D eigenvalue weighted by molar-refractivity contribution is 0.0324. The molecule has 2 aromatic rings. The Bertz CT molecular complexity index is 743. The van der Waals surface area contributed by atoms with E-state index in [-0.39, 0.29) is 18.1 Å². The largest absolute Gasteiger partial charge is 0.457 e. The van der Waals surface area contributed by atoms with E-state index < -0.39 is 0 Å². The second-order valence-corrected chi connectivity index (χ2v) is 6.86. The maximum absolute atomic E-state index is 12.6. The van der Waals surface area contributed by atoms with E-state index >= 15 is 0 Å². The highest BCUT2D eigenvalue weighted by Gasteiger charge is 2.35. The zero-order valence-electron chi connectivity index (χ0n) is 14.9. The van der Waals surface area contributed by atoms with Gasteiger partial charge in [0.25, 0.3) is 0 Å². The number of rotatable bonds is 3. The molecule has 128 valence electrons. The van der Waals surface area contributed by atoms with Crippen molar-refractivity contribution < 1.29 is 14.1 Å². The average Bonchev–Trinajstić information content (AvgIpc) is 3.03. The van der Waals surface area contributed by atoms with Gasteiger partial charge < -0.3 is 9.26 Å². The third-order valence-corrected chi connectivity index (χ3v) is 4.64. The molecule has 5 heteroatoms. The van der Waals surface area contributed by atoms with Crippen molar-refractivity contribution in [2.45, 2.75) is 46.3 Å². The van der Waals surface area contributed by atoms with Gasteiger partial charge in [0, 0.05) is 19.0 Å². The van der Waals surface area contributed by atoms with Crippen LogP contribution in [0.5, 0.6) is 0 Å². The highest BCUT2D eigenvalue weighted by molar-refractivity contribution is 5.93. The van der Waals surface area contributed by atoms with Crippen molar-refractivity contribution >= 4 is 5.97 Å². The minimum Gasteiger partial charge on any atom is -0.457 e. The standard InChI is InChI=1S/C19H24N2O3/c1-11-6-12(2)18(13(3)7-11)19(22)23-15-9-16(21(5)10-15)17-8-14(4)20-24-17/h6-8,15-16H,9-10H2,1-5H3. The van der Waals surface area contributed by atoms with Crippen molar-refractivity contribution in [2.24, 2.45) is 0 Å². The van der Waals surface area contributed by atoms with Crippen molar-refractivity contribution in [3.8, 4) is 0 Å². The minimum absolute atomic E-state index is 0.101. The van der Waals surface area contributed by atoms with Crippen LogP contribution in [0.3, 0.4) is 0 Å². The summed E-state index contributed by atoms with van der Waals surface area (Å²) in [6.45, 7) is 8.54. The van der Waals surface area contributed by atoms with Gasteiger partial charge in [-0.2, -0.15) is 0 Å². The Morgan fingerprint density at radius 3 is 2.46 bits per heavy atom. The van der Waals surface area contributed by atoms with Crippen molar-refractivity contribution in [1.82, 2.24) is 10.1 Å². The van der Waals surface area contributed by atoms with Crippen LogP contribution in [0.4, 0.5) is 0 Å². The highest BCUT2D eigenvalue weighted by Crippen LogP contribution is 2.33. The number of aryl methyl sites for hydroxylation is 4. The summed E-state index contributed by atoms with van der Waals surface area (Å²) < 4.78 is 11.2. The maximum atomic E-state index is 12.6. The number of esters is 1. The molecule has 1 aliphatic heterocycles. The van der Waals surface area contributed by atoms with Crippen LogP contribution in [0.1, 0.15) is 51.0 Å². The SMILES string of the molecule is Cc1cc(C)c(C(=O)OC2CC(c3cc(C)no3)N(C)C2)c(C)c1. The first-order valence-corrected chi connectivity index (χ1v) is 8.27. The Morgan fingerprint density at radius 2 is 1.88 bits per heavy atom. The fraction of sp³-hybridized carbons (Fsp3) is 0.474. The molecule has 0 aliphatic carbocycles. The average molecular weight is 328 g/mol. The van der Waals surface area contributed by atoms with E-state index in [1.165, 1.54) is 0 Å². The Kier molecular flexibility index (Phi) is 4.45. The first-order valence-electron chi connectivity index (χ1n) is 8.27. The fourth-order valence-corrected chi connectivity index (χ4v) is 3.62. The van der Waals surface area contributed by atoms with Crippen LogP contribution in [0.2, 0.25) is 0 Å². The van der Waals surface area contributed by atoms with E-state index in [2.05, 4.69) is 10.1 Å². The Hall–Kier alpha value is -2.14. The van der Waals surface area contributed by atoms with Crippen LogP contribution in [-0.4, -0.2) is 35.7 Å². The number of nitrogens with zero attached hydrogens (tertiary/aromatic N) is 2. The molecular formula is C19H24N2O3. The van der Waals surface area contributed by atoms with Gasteiger partial charge in [0.1, 0.15) is 6.10 Å². The summed E-state index contributed by atoms with van der Waals surface area (Å²) in [6, 6.07) is 6.08. The van der Waals surface area contributed by atoms with Crippen LogP contribution < -0.4 is 0 Å². The van der Waals surface area contributed by atoms with E-state index in [0.717, 1.165) is 34.6 Å². The number of carbonyl (C=O) groups is 1. The normalized spacial score (nSPS) is 21.2. The molecule has 0 radical (unpaired) electrons. The lowest BCUT2D eigenvalue weighted by Crippen LogP contribution is -2.23. The molecule has 0 saturated carbocycles. The molecule has 2 unspecified atom stereocenters. The zero-order chi connectivity index (χ0) is 17.4. The molecule has 1 aliphatic rings. The van der Waals surface area contributed by atoms with Crippen LogP contribution in [0, 0.1) is 27.7 Å². The van der Waals surface area contributed by atoms with Gasteiger partial charge in [-0.15, -0.1) is 0 Å². The van der Waals surface area contributed by atoms with Gasteiger partial charge in [-0.1, -0.05) is 22.9 Å². The highest BCUT2D eigenvalue weighted by atomic mass is 16.5. The molecule has 1 aromatic heterocycles. The summed E-state index contributed by atoms with van der Waals surface area (Å²) in [4.78, 5) is 14.8. The van der Waals surface area contributed by atoms with Crippen LogP contribution in [0.15, 0.2) is 22.7 Å². The predicted molar refractivity (Wildman–Crippen MR) is 91.1 cm³/mol. The molecule has 1 saturated heterocycles. The number of hydrogen-bond donors (Lipinski definition) is 0. The van der Waals surface area contributed by atoms with Gasteiger partial charge in [0.05, 0.1) is 17.3 Å². The number of likely N-dealkylation sites (N-methyl/N-ethyl adjacent to an activating group) is 1. The number of carbonyl (C=O) groups excluding carboxylic acids is 1. The first kappa shape index (κ1) is 16.7. The molecule has 24 heavy (non-hydrogen) atoms.